The van der Waals surface area contributed by atoms with Crippen molar-refractivity contribution >= 4 is 21.5 Å². The Morgan fingerprint density at radius 3 is 1.00 bits per heavy atom. The van der Waals surface area contributed by atoms with Gasteiger partial charge in [-0.3, -0.25) is 0 Å². The van der Waals surface area contributed by atoms with Gasteiger partial charge in [-0.15, -0.1) is 0 Å². The molecule has 0 fully saturated rings. The summed E-state index contributed by atoms with van der Waals surface area (Å²) in [7, 11) is 0. The molecule has 0 spiro atoms. The topological polar surface area (TPSA) is 40.5 Å². The van der Waals surface area contributed by atoms with Crippen LogP contribution in [-0.4, -0.2) is 10.2 Å². The SMILES string of the molecule is CC(C)(c1cccc(C(C)(C)c2cc(-c3cccc4ccccc34)c(O)c(C(C)(C)c3ccccc3)c2)c1)c1cc(-c2cccc3ccccc23)c(O)c(C(C)(C)c2ccccc2)c1. The van der Waals surface area contributed by atoms with E-state index in [1.807, 2.05) is 12.1 Å². The number of hydrogen-bond donors (Lipinski definition) is 2. The Labute approximate surface area is 379 Å². The summed E-state index contributed by atoms with van der Waals surface area (Å²) >= 11 is 0. The van der Waals surface area contributed by atoms with Crippen LogP contribution in [0.15, 0.2) is 194 Å². The first-order valence-electron chi connectivity index (χ1n) is 22.5. The van der Waals surface area contributed by atoms with E-state index in [1.54, 1.807) is 0 Å². The minimum absolute atomic E-state index is 0.309. The van der Waals surface area contributed by atoms with Gasteiger partial charge >= 0.3 is 0 Å². The van der Waals surface area contributed by atoms with Gasteiger partial charge in [-0.05, 0) is 78.2 Å². The van der Waals surface area contributed by atoms with Crippen molar-refractivity contribution in [2.75, 3.05) is 0 Å². The van der Waals surface area contributed by atoms with E-state index in [-0.39, 0.29) is 0 Å². The van der Waals surface area contributed by atoms with Gasteiger partial charge in [-0.1, -0.05) is 237 Å². The van der Waals surface area contributed by atoms with Crippen LogP contribution in [0.25, 0.3) is 43.8 Å². The van der Waals surface area contributed by atoms with E-state index < -0.39 is 21.7 Å². The van der Waals surface area contributed by atoms with E-state index in [1.165, 1.54) is 11.1 Å². The number of rotatable bonds is 10. The van der Waals surface area contributed by atoms with Crippen molar-refractivity contribution in [1.82, 2.24) is 0 Å². The van der Waals surface area contributed by atoms with E-state index in [4.69, 9.17) is 0 Å². The number of hydrogen-bond acceptors (Lipinski definition) is 2. The minimum Gasteiger partial charge on any atom is -0.507 e. The van der Waals surface area contributed by atoms with Crippen LogP contribution >= 0.6 is 0 Å². The van der Waals surface area contributed by atoms with Gasteiger partial charge in [0, 0.05) is 43.9 Å². The first-order chi connectivity index (χ1) is 30.6. The van der Waals surface area contributed by atoms with Crippen LogP contribution in [0.3, 0.4) is 0 Å². The van der Waals surface area contributed by atoms with Gasteiger partial charge in [0.2, 0.25) is 0 Å². The highest BCUT2D eigenvalue weighted by Gasteiger charge is 2.35. The van der Waals surface area contributed by atoms with Crippen LogP contribution < -0.4 is 0 Å². The molecule has 0 heterocycles. The summed E-state index contributed by atoms with van der Waals surface area (Å²) in [4.78, 5) is 0. The number of phenols is 2. The molecule has 0 aromatic heterocycles. The van der Waals surface area contributed by atoms with E-state index in [2.05, 4.69) is 237 Å². The van der Waals surface area contributed by atoms with Crippen LogP contribution in [0, 0.1) is 0 Å². The molecule has 0 aliphatic carbocycles. The summed E-state index contributed by atoms with van der Waals surface area (Å²) in [6.07, 6.45) is 0. The van der Waals surface area contributed by atoms with E-state index >= 15 is 0 Å². The maximum atomic E-state index is 12.5. The first kappa shape index (κ1) is 42.4. The quantitative estimate of drug-likeness (QED) is 0.144. The largest absolute Gasteiger partial charge is 0.507 e. The Bertz CT molecular complexity index is 2950. The van der Waals surface area contributed by atoms with Gasteiger partial charge in [-0.2, -0.15) is 0 Å². The fraction of sp³-hybridized carbons (Fsp3) is 0.194. The molecule has 0 saturated carbocycles. The highest BCUT2D eigenvalue weighted by molar-refractivity contribution is 5.99. The van der Waals surface area contributed by atoms with Crippen molar-refractivity contribution < 1.29 is 10.2 Å². The smallest absolute Gasteiger partial charge is 0.127 e. The first-order valence-corrected chi connectivity index (χ1v) is 22.5. The maximum absolute atomic E-state index is 12.5. The predicted octanol–water partition coefficient (Wildman–Crippen LogP) is 16.0. The lowest BCUT2D eigenvalue weighted by Crippen LogP contribution is -2.25. The summed E-state index contributed by atoms with van der Waals surface area (Å²) in [6.45, 7) is 18.1. The van der Waals surface area contributed by atoms with Crippen LogP contribution in [-0.2, 0) is 21.7 Å². The highest BCUT2D eigenvalue weighted by atomic mass is 16.3. The normalized spacial score (nSPS) is 12.5. The molecule has 0 aliphatic rings. The molecule has 0 unspecified atom stereocenters. The Morgan fingerprint density at radius 1 is 0.266 bits per heavy atom. The van der Waals surface area contributed by atoms with Crippen molar-refractivity contribution in [3.8, 4) is 33.8 Å². The van der Waals surface area contributed by atoms with Crippen molar-refractivity contribution in [3.05, 3.63) is 239 Å². The third kappa shape index (κ3) is 7.25. The second kappa shape index (κ2) is 16.0. The lowest BCUT2D eigenvalue weighted by Gasteiger charge is -2.35. The summed E-state index contributed by atoms with van der Waals surface area (Å²) in [5.74, 6) is 0.617. The van der Waals surface area contributed by atoms with E-state index in [0.29, 0.717) is 11.5 Å². The van der Waals surface area contributed by atoms with E-state index in [0.717, 1.165) is 77.2 Å². The average molecular weight is 835 g/mol. The molecule has 2 nitrogen and oxygen atoms in total. The fourth-order valence-electron chi connectivity index (χ4n) is 9.93. The number of benzene rings is 9. The molecule has 0 radical (unpaired) electrons. The summed E-state index contributed by atoms with van der Waals surface area (Å²) in [6, 6.07) is 68.5. The molecule has 0 amide bonds. The predicted molar refractivity (Wildman–Crippen MR) is 270 cm³/mol. The lowest BCUT2D eigenvalue weighted by molar-refractivity contribution is 0.453. The lowest BCUT2D eigenvalue weighted by atomic mass is 9.69. The summed E-state index contributed by atoms with van der Waals surface area (Å²) < 4.78 is 0. The zero-order valence-electron chi connectivity index (χ0n) is 38.4. The molecule has 0 bridgehead atoms. The fourth-order valence-corrected chi connectivity index (χ4v) is 9.93. The molecule has 64 heavy (non-hydrogen) atoms. The standard InChI is InChI=1S/C62H58O2/c1-59(2,47-37-53(51-34-19-24-41-22-15-17-32-49(41)51)57(63)55(39-47)61(5,6)43-26-11-9-12-27-43)45-30-21-31-46(36-45)60(3,4)48-38-54(52-35-20-25-42-23-16-18-33-50(42)52)58(64)56(40-48)62(7,8)44-28-13-10-14-29-44/h9-40,63-64H,1-8H3. The van der Waals surface area contributed by atoms with Crippen LogP contribution in [0.1, 0.15) is 99.9 Å². The number of aromatic hydroxyl groups is 2. The minimum atomic E-state index is -0.494. The Hall–Kier alpha value is -6.90. The molecule has 2 heteroatoms. The summed E-state index contributed by atoms with van der Waals surface area (Å²) in [5.41, 5.74) is 10.4. The van der Waals surface area contributed by atoms with Gasteiger partial charge in [0.15, 0.2) is 0 Å². The van der Waals surface area contributed by atoms with Gasteiger partial charge < -0.3 is 10.2 Å². The van der Waals surface area contributed by atoms with Crippen molar-refractivity contribution in [3.63, 3.8) is 0 Å². The third-order valence-corrected chi connectivity index (χ3v) is 14.5. The molecule has 9 aromatic rings. The Balaban J connectivity index is 1.22. The molecular weight excluding hydrogens is 777 g/mol. The van der Waals surface area contributed by atoms with Crippen molar-refractivity contribution in [2.24, 2.45) is 0 Å². The zero-order valence-corrected chi connectivity index (χ0v) is 38.4. The Kier molecular flexibility index (Phi) is 10.6. The van der Waals surface area contributed by atoms with E-state index in [9.17, 15) is 10.2 Å². The Morgan fingerprint density at radius 2 is 0.594 bits per heavy atom. The molecule has 0 aliphatic heterocycles. The van der Waals surface area contributed by atoms with Gasteiger partial charge in [0.05, 0.1) is 0 Å². The number of phenolic OH excluding ortho intramolecular Hbond substituents is 2. The molecule has 9 rings (SSSR count). The molecule has 318 valence electrons. The van der Waals surface area contributed by atoms with Crippen LogP contribution in [0.2, 0.25) is 0 Å². The maximum Gasteiger partial charge on any atom is 0.127 e. The second-order valence-corrected chi connectivity index (χ2v) is 19.7. The van der Waals surface area contributed by atoms with Gasteiger partial charge in [0.25, 0.3) is 0 Å². The van der Waals surface area contributed by atoms with Crippen LogP contribution in [0.4, 0.5) is 0 Å². The number of fused-ring (bicyclic) bond motifs is 2. The van der Waals surface area contributed by atoms with Gasteiger partial charge in [0.1, 0.15) is 11.5 Å². The van der Waals surface area contributed by atoms with Crippen molar-refractivity contribution in [2.45, 2.75) is 77.0 Å². The summed E-state index contributed by atoms with van der Waals surface area (Å²) in [5, 5.41) is 29.4. The third-order valence-electron chi connectivity index (χ3n) is 14.5. The molecule has 0 saturated heterocycles. The second-order valence-electron chi connectivity index (χ2n) is 19.7. The molecular formula is C62H58O2. The average Bonchev–Trinajstić information content (AvgIpc) is 3.31. The molecule has 2 N–H and O–H groups in total. The molecule has 9 aromatic carbocycles. The zero-order chi connectivity index (χ0) is 45.0. The van der Waals surface area contributed by atoms with Crippen LogP contribution in [0.5, 0.6) is 11.5 Å². The monoisotopic (exact) mass is 834 g/mol. The molecule has 0 atom stereocenters. The van der Waals surface area contributed by atoms with Crippen molar-refractivity contribution in [1.29, 1.82) is 0 Å². The van der Waals surface area contributed by atoms with Gasteiger partial charge in [-0.25, -0.2) is 0 Å². The highest BCUT2D eigenvalue weighted by Crippen LogP contribution is 2.50.